The second kappa shape index (κ2) is 9.21. The molecule has 5 rings (SSSR count). The summed E-state index contributed by atoms with van der Waals surface area (Å²) in [5.74, 6) is 1.99. The van der Waals surface area contributed by atoms with Crippen molar-refractivity contribution in [3.8, 4) is 17.0 Å². The van der Waals surface area contributed by atoms with E-state index < -0.39 is 0 Å². The number of halogens is 2. The molecule has 0 unspecified atom stereocenters. The normalized spacial score (nSPS) is 16.8. The Balaban J connectivity index is 0.00000120. The number of hydrogen-bond donors (Lipinski definition) is 0. The molecule has 2 heterocycles. The van der Waals surface area contributed by atoms with Gasteiger partial charge in [-0.3, -0.25) is 4.90 Å². The van der Waals surface area contributed by atoms with Crippen molar-refractivity contribution in [3.05, 3.63) is 54.6 Å². The van der Waals surface area contributed by atoms with Crippen LogP contribution in [0.3, 0.4) is 0 Å². The number of anilines is 1. The molecule has 0 amide bonds. The summed E-state index contributed by atoms with van der Waals surface area (Å²) in [6.07, 6.45) is 2.77. The molecule has 0 bridgehead atoms. The second-order valence-electron chi connectivity index (χ2n) is 7.53. The lowest BCUT2D eigenvalue weighted by molar-refractivity contribution is 0.248. The molecule has 0 N–H and O–H groups in total. The minimum atomic E-state index is 0. The summed E-state index contributed by atoms with van der Waals surface area (Å²) in [5, 5.41) is 2.49. The number of hydrogen-bond acceptors (Lipinski definition) is 4. The number of fused-ring (bicyclic) bond motifs is 1. The van der Waals surface area contributed by atoms with Gasteiger partial charge in [-0.15, -0.1) is 24.8 Å². The van der Waals surface area contributed by atoms with Gasteiger partial charge in [0, 0.05) is 43.2 Å². The highest BCUT2D eigenvalue weighted by Crippen LogP contribution is 2.33. The van der Waals surface area contributed by atoms with Gasteiger partial charge in [0.1, 0.15) is 11.6 Å². The molecule has 4 nitrogen and oxygen atoms in total. The molecular weight excluding hydrogens is 405 g/mol. The van der Waals surface area contributed by atoms with Gasteiger partial charge in [-0.2, -0.15) is 0 Å². The van der Waals surface area contributed by atoms with E-state index in [0.29, 0.717) is 0 Å². The molecule has 6 heteroatoms. The van der Waals surface area contributed by atoms with E-state index in [-0.39, 0.29) is 24.8 Å². The van der Waals surface area contributed by atoms with Crippen LogP contribution in [0, 0.1) is 0 Å². The quantitative estimate of drug-likeness (QED) is 0.578. The highest BCUT2D eigenvalue weighted by molar-refractivity contribution is 5.95. The zero-order valence-corrected chi connectivity index (χ0v) is 18.2. The van der Waals surface area contributed by atoms with Crippen molar-refractivity contribution in [1.82, 2.24) is 9.88 Å². The van der Waals surface area contributed by atoms with Crippen molar-refractivity contribution >= 4 is 41.4 Å². The fourth-order valence-corrected chi connectivity index (χ4v) is 4.07. The highest BCUT2D eigenvalue weighted by Gasteiger charge is 2.31. The SMILES string of the molecule is COc1ccc(-c2cc3ccccc3c(N3CCN(C4CC4)CC3)n2)cc1.Cl.Cl. The molecule has 1 saturated carbocycles. The van der Waals surface area contributed by atoms with E-state index in [1.165, 1.54) is 23.6 Å². The van der Waals surface area contributed by atoms with Gasteiger partial charge >= 0.3 is 0 Å². The molecule has 0 spiro atoms. The Kier molecular flexibility index (Phi) is 6.89. The summed E-state index contributed by atoms with van der Waals surface area (Å²) in [5.41, 5.74) is 2.15. The van der Waals surface area contributed by atoms with Gasteiger partial charge in [0.25, 0.3) is 0 Å². The number of nitrogens with zero attached hydrogens (tertiary/aromatic N) is 3. The van der Waals surface area contributed by atoms with Crippen molar-refractivity contribution in [2.24, 2.45) is 0 Å². The molecule has 2 aromatic carbocycles. The standard InChI is InChI=1S/C23H25N3O.2ClH/c1-27-20-10-6-17(7-11-20)22-16-18-4-2-3-5-21(18)23(24-22)26-14-12-25(13-15-26)19-8-9-19;;/h2-7,10-11,16,19H,8-9,12-15H2,1H3;2*1H. The van der Waals surface area contributed by atoms with E-state index in [9.17, 15) is 0 Å². The molecule has 2 aliphatic rings. The summed E-state index contributed by atoms with van der Waals surface area (Å²) in [6.45, 7) is 4.40. The van der Waals surface area contributed by atoms with Crippen molar-refractivity contribution in [2.75, 3.05) is 38.2 Å². The third kappa shape index (κ3) is 4.45. The number of piperazine rings is 1. The fourth-order valence-electron chi connectivity index (χ4n) is 4.07. The molecule has 2 fully saturated rings. The summed E-state index contributed by atoms with van der Waals surface area (Å²) in [7, 11) is 1.70. The number of ether oxygens (including phenoxy) is 1. The molecular formula is C23H27Cl2N3O. The van der Waals surface area contributed by atoms with Gasteiger partial charge in [0.15, 0.2) is 0 Å². The lowest BCUT2D eigenvalue weighted by Crippen LogP contribution is -2.47. The summed E-state index contributed by atoms with van der Waals surface area (Å²) >= 11 is 0. The van der Waals surface area contributed by atoms with E-state index in [2.05, 4.69) is 52.3 Å². The zero-order valence-electron chi connectivity index (χ0n) is 16.6. The third-order valence-electron chi connectivity index (χ3n) is 5.78. The lowest BCUT2D eigenvalue weighted by Gasteiger charge is -2.36. The Labute approximate surface area is 184 Å². The van der Waals surface area contributed by atoms with Crippen molar-refractivity contribution < 1.29 is 4.74 Å². The maximum atomic E-state index is 5.30. The van der Waals surface area contributed by atoms with Crippen LogP contribution in [-0.2, 0) is 0 Å². The maximum Gasteiger partial charge on any atom is 0.137 e. The van der Waals surface area contributed by atoms with Crippen molar-refractivity contribution in [3.63, 3.8) is 0 Å². The molecule has 154 valence electrons. The summed E-state index contributed by atoms with van der Waals surface area (Å²) in [4.78, 5) is 10.2. The largest absolute Gasteiger partial charge is 0.497 e. The van der Waals surface area contributed by atoms with E-state index in [1.807, 2.05) is 12.1 Å². The lowest BCUT2D eigenvalue weighted by atomic mass is 10.1. The number of pyridine rings is 1. The summed E-state index contributed by atoms with van der Waals surface area (Å²) in [6, 6.07) is 19.8. The first-order chi connectivity index (χ1) is 13.3. The average Bonchev–Trinajstić information content (AvgIpc) is 3.59. The molecule has 1 aliphatic carbocycles. The minimum absolute atomic E-state index is 0. The Morgan fingerprint density at radius 2 is 1.59 bits per heavy atom. The fraction of sp³-hybridized carbons (Fsp3) is 0.348. The average molecular weight is 432 g/mol. The van der Waals surface area contributed by atoms with E-state index >= 15 is 0 Å². The number of aromatic nitrogens is 1. The number of rotatable bonds is 4. The molecule has 0 atom stereocenters. The molecule has 1 saturated heterocycles. The first-order valence-electron chi connectivity index (χ1n) is 9.85. The van der Waals surface area contributed by atoms with Gasteiger partial charge in [-0.1, -0.05) is 24.3 Å². The Morgan fingerprint density at radius 1 is 0.897 bits per heavy atom. The van der Waals surface area contributed by atoms with Crippen LogP contribution >= 0.6 is 24.8 Å². The van der Waals surface area contributed by atoms with Gasteiger partial charge < -0.3 is 9.64 Å². The smallest absolute Gasteiger partial charge is 0.137 e. The zero-order chi connectivity index (χ0) is 18.2. The van der Waals surface area contributed by atoms with E-state index in [1.54, 1.807) is 7.11 Å². The van der Waals surface area contributed by atoms with Gasteiger partial charge in [-0.05, 0) is 48.6 Å². The number of benzene rings is 2. The molecule has 0 radical (unpaired) electrons. The molecule has 3 aromatic rings. The molecule has 1 aromatic heterocycles. The maximum absolute atomic E-state index is 5.30. The Hall–Kier alpha value is -2.01. The van der Waals surface area contributed by atoms with Crippen LogP contribution in [0.2, 0.25) is 0 Å². The van der Waals surface area contributed by atoms with Crippen LogP contribution in [0.15, 0.2) is 54.6 Å². The highest BCUT2D eigenvalue weighted by atomic mass is 35.5. The van der Waals surface area contributed by atoms with Crippen molar-refractivity contribution in [1.29, 1.82) is 0 Å². The van der Waals surface area contributed by atoms with Crippen molar-refractivity contribution in [2.45, 2.75) is 18.9 Å². The first kappa shape index (κ1) is 21.7. The van der Waals surface area contributed by atoms with Crippen LogP contribution in [0.1, 0.15) is 12.8 Å². The topological polar surface area (TPSA) is 28.6 Å². The predicted molar refractivity (Wildman–Crippen MR) is 125 cm³/mol. The summed E-state index contributed by atoms with van der Waals surface area (Å²) < 4.78 is 5.30. The minimum Gasteiger partial charge on any atom is -0.497 e. The van der Waals surface area contributed by atoms with Crippen LogP contribution in [0.5, 0.6) is 5.75 Å². The van der Waals surface area contributed by atoms with Crippen LogP contribution in [-0.4, -0.2) is 49.2 Å². The Bertz CT molecular complexity index is 952. The molecule has 29 heavy (non-hydrogen) atoms. The van der Waals surface area contributed by atoms with Gasteiger partial charge in [0.2, 0.25) is 0 Å². The first-order valence-corrected chi connectivity index (χ1v) is 9.85. The Morgan fingerprint density at radius 3 is 2.24 bits per heavy atom. The van der Waals surface area contributed by atoms with E-state index in [4.69, 9.17) is 9.72 Å². The molecule has 1 aliphatic heterocycles. The van der Waals surface area contributed by atoms with Crippen LogP contribution < -0.4 is 9.64 Å². The number of methoxy groups -OCH3 is 1. The predicted octanol–water partition coefficient (Wildman–Crippen LogP) is 5.04. The third-order valence-corrected chi connectivity index (χ3v) is 5.78. The van der Waals surface area contributed by atoms with Gasteiger partial charge in [0.05, 0.1) is 12.8 Å². The van der Waals surface area contributed by atoms with Crippen LogP contribution in [0.4, 0.5) is 5.82 Å². The van der Waals surface area contributed by atoms with E-state index in [0.717, 1.165) is 55.0 Å². The monoisotopic (exact) mass is 431 g/mol. The second-order valence-corrected chi connectivity index (χ2v) is 7.53. The van der Waals surface area contributed by atoms with Crippen LogP contribution in [0.25, 0.3) is 22.0 Å². The van der Waals surface area contributed by atoms with Gasteiger partial charge in [-0.25, -0.2) is 4.98 Å².